The van der Waals surface area contributed by atoms with Crippen LogP contribution in [0.3, 0.4) is 0 Å². The fraction of sp³-hybridized carbons (Fsp3) is 0.412. The van der Waals surface area contributed by atoms with Gasteiger partial charge in [-0.05, 0) is 42.5 Å². The Hall–Kier alpha value is -2.34. The van der Waals surface area contributed by atoms with Gasteiger partial charge in [0, 0.05) is 38.6 Å². The monoisotopic (exact) mass is 314 g/mol. The van der Waals surface area contributed by atoms with Gasteiger partial charge in [0.1, 0.15) is 0 Å². The van der Waals surface area contributed by atoms with Crippen molar-refractivity contribution in [1.29, 1.82) is 0 Å². The highest BCUT2D eigenvalue weighted by molar-refractivity contribution is 5.74. The van der Waals surface area contributed by atoms with Crippen LogP contribution in [0.15, 0.2) is 42.7 Å². The molecule has 6 heteroatoms. The van der Waals surface area contributed by atoms with Gasteiger partial charge in [0.2, 0.25) is 0 Å². The molecule has 2 heterocycles. The standard InChI is InChI=1S/C17H22N4O2/c22-13-15-3-1-9-20(12-15)17(23)18-11-14-4-6-16(7-5-14)21-10-2-8-19-21/h2,4-8,10,15,22H,1,3,9,11-13H2,(H,18,23). The third-order valence-electron chi connectivity index (χ3n) is 4.21. The SMILES string of the molecule is O=C(NCc1ccc(-n2cccn2)cc1)N1CCCC(CO)C1. The van der Waals surface area contributed by atoms with Crippen molar-refractivity contribution in [3.8, 4) is 5.69 Å². The van der Waals surface area contributed by atoms with Crippen LogP contribution in [0.2, 0.25) is 0 Å². The van der Waals surface area contributed by atoms with E-state index in [1.54, 1.807) is 15.8 Å². The maximum absolute atomic E-state index is 12.2. The van der Waals surface area contributed by atoms with E-state index < -0.39 is 0 Å². The molecule has 2 amide bonds. The van der Waals surface area contributed by atoms with E-state index in [-0.39, 0.29) is 18.6 Å². The molecule has 1 aromatic carbocycles. The summed E-state index contributed by atoms with van der Waals surface area (Å²) in [5, 5.41) is 16.4. The van der Waals surface area contributed by atoms with Gasteiger partial charge < -0.3 is 15.3 Å². The first-order valence-electron chi connectivity index (χ1n) is 7.99. The number of urea groups is 1. The lowest BCUT2D eigenvalue weighted by atomic mass is 9.99. The first-order chi connectivity index (χ1) is 11.3. The number of nitrogens with zero attached hydrogens (tertiary/aromatic N) is 3. The molecule has 0 aliphatic carbocycles. The number of amides is 2. The number of aliphatic hydroxyl groups excluding tert-OH is 1. The molecule has 0 saturated carbocycles. The third kappa shape index (κ3) is 3.90. The number of aromatic nitrogens is 2. The molecule has 2 N–H and O–H groups in total. The van der Waals surface area contributed by atoms with E-state index >= 15 is 0 Å². The Kier molecular flexibility index (Phi) is 4.92. The molecule has 2 aromatic rings. The molecule has 1 aromatic heterocycles. The number of nitrogens with one attached hydrogen (secondary N) is 1. The second-order valence-electron chi connectivity index (χ2n) is 5.91. The van der Waals surface area contributed by atoms with Gasteiger partial charge in [0.15, 0.2) is 0 Å². The van der Waals surface area contributed by atoms with Gasteiger partial charge >= 0.3 is 6.03 Å². The number of likely N-dealkylation sites (tertiary alicyclic amines) is 1. The third-order valence-corrected chi connectivity index (χ3v) is 4.21. The topological polar surface area (TPSA) is 70.4 Å². The Labute approximate surface area is 135 Å². The Morgan fingerprint density at radius 2 is 2.17 bits per heavy atom. The average Bonchev–Trinajstić information content (AvgIpc) is 3.15. The number of rotatable bonds is 4. The highest BCUT2D eigenvalue weighted by Gasteiger charge is 2.22. The maximum Gasteiger partial charge on any atom is 0.317 e. The number of carbonyl (C=O) groups excluding carboxylic acids is 1. The zero-order chi connectivity index (χ0) is 16.1. The number of piperidine rings is 1. The molecule has 23 heavy (non-hydrogen) atoms. The number of hydrogen-bond donors (Lipinski definition) is 2. The van der Waals surface area contributed by atoms with Crippen LogP contribution >= 0.6 is 0 Å². The van der Waals surface area contributed by atoms with Gasteiger partial charge in [0.05, 0.1) is 5.69 Å². The summed E-state index contributed by atoms with van der Waals surface area (Å²) in [7, 11) is 0. The summed E-state index contributed by atoms with van der Waals surface area (Å²) in [6.45, 7) is 2.05. The molecule has 0 radical (unpaired) electrons. The summed E-state index contributed by atoms with van der Waals surface area (Å²) in [4.78, 5) is 14.0. The van der Waals surface area contributed by atoms with Crippen molar-refractivity contribution in [2.24, 2.45) is 5.92 Å². The summed E-state index contributed by atoms with van der Waals surface area (Å²) in [6, 6.07) is 9.77. The van der Waals surface area contributed by atoms with E-state index in [1.807, 2.05) is 36.5 Å². The lowest BCUT2D eigenvalue weighted by Crippen LogP contribution is -2.45. The van der Waals surface area contributed by atoms with Gasteiger partial charge in [-0.15, -0.1) is 0 Å². The van der Waals surface area contributed by atoms with Gasteiger partial charge in [-0.1, -0.05) is 12.1 Å². The Balaban J connectivity index is 1.52. The quantitative estimate of drug-likeness (QED) is 0.904. The summed E-state index contributed by atoms with van der Waals surface area (Å²) in [5.41, 5.74) is 2.04. The van der Waals surface area contributed by atoms with Crippen LogP contribution in [0.5, 0.6) is 0 Å². The number of benzene rings is 1. The zero-order valence-corrected chi connectivity index (χ0v) is 13.1. The molecular formula is C17H22N4O2. The van der Waals surface area contributed by atoms with Gasteiger partial charge in [-0.3, -0.25) is 0 Å². The van der Waals surface area contributed by atoms with E-state index in [9.17, 15) is 9.90 Å². The summed E-state index contributed by atoms with van der Waals surface area (Å²) >= 11 is 0. The van der Waals surface area contributed by atoms with Crippen molar-refractivity contribution in [1.82, 2.24) is 20.0 Å². The normalized spacial score (nSPS) is 18.0. The predicted octanol–water partition coefficient (Wildman–Crippen LogP) is 1.79. The molecule has 1 unspecified atom stereocenters. The molecule has 1 aliphatic heterocycles. The lowest BCUT2D eigenvalue weighted by molar-refractivity contribution is 0.129. The molecule has 1 saturated heterocycles. The fourth-order valence-corrected chi connectivity index (χ4v) is 2.88. The minimum absolute atomic E-state index is 0.0562. The Bertz CT molecular complexity index is 625. The van der Waals surface area contributed by atoms with E-state index in [0.717, 1.165) is 30.6 Å². The summed E-state index contributed by atoms with van der Waals surface area (Å²) < 4.78 is 1.80. The van der Waals surface area contributed by atoms with Crippen LogP contribution in [0.4, 0.5) is 4.79 Å². The largest absolute Gasteiger partial charge is 0.396 e. The first-order valence-corrected chi connectivity index (χ1v) is 7.99. The first kappa shape index (κ1) is 15.6. The zero-order valence-electron chi connectivity index (χ0n) is 13.1. The van der Waals surface area contributed by atoms with Crippen LogP contribution in [0, 0.1) is 5.92 Å². The number of hydrogen-bond acceptors (Lipinski definition) is 3. The van der Waals surface area contributed by atoms with Crippen LogP contribution in [0.1, 0.15) is 18.4 Å². The summed E-state index contributed by atoms with van der Waals surface area (Å²) in [5.74, 6) is 0.211. The van der Waals surface area contributed by atoms with Crippen molar-refractivity contribution < 1.29 is 9.90 Å². The fourth-order valence-electron chi connectivity index (χ4n) is 2.88. The molecular weight excluding hydrogens is 292 g/mol. The second kappa shape index (κ2) is 7.28. The van der Waals surface area contributed by atoms with Crippen LogP contribution in [-0.2, 0) is 6.54 Å². The maximum atomic E-state index is 12.2. The van der Waals surface area contributed by atoms with Crippen molar-refractivity contribution in [3.05, 3.63) is 48.3 Å². The average molecular weight is 314 g/mol. The van der Waals surface area contributed by atoms with Crippen LogP contribution in [-0.4, -0.2) is 45.5 Å². The molecule has 1 fully saturated rings. The van der Waals surface area contributed by atoms with E-state index in [2.05, 4.69) is 10.4 Å². The molecule has 1 atom stereocenters. The van der Waals surface area contributed by atoms with Crippen molar-refractivity contribution in [2.45, 2.75) is 19.4 Å². The predicted molar refractivity (Wildman–Crippen MR) is 87.2 cm³/mol. The summed E-state index contributed by atoms with van der Waals surface area (Å²) in [6.07, 6.45) is 5.59. The van der Waals surface area contributed by atoms with Crippen LogP contribution in [0.25, 0.3) is 5.69 Å². The Morgan fingerprint density at radius 1 is 1.35 bits per heavy atom. The number of carbonyl (C=O) groups is 1. The molecule has 6 nitrogen and oxygen atoms in total. The second-order valence-corrected chi connectivity index (χ2v) is 5.91. The van der Waals surface area contributed by atoms with Gasteiger partial charge in [0.25, 0.3) is 0 Å². The highest BCUT2D eigenvalue weighted by Crippen LogP contribution is 2.16. The van der Waals surface area contributed by atoms with E-state index in [0.29, 0.717) is 13.1 Å². The van der Waals surface area contributed by atoms with E-state index in [4.69, 9.17) is 0 Å². The van der Waals surface area contributed by atoms with Crippen molar-refractivity contribution in [2.75, 3.05) is 19.7 Å². The van der Waals surface area contributed by atoms with Crippen molar-refractivity contribution in [3.63, 3.8) is 0 Å². The van der Waals surface area contributed by atoms with Crippen molar-refractivity contribution >= 4 is 6.03 Å². The lowest BCUT2D eigenvalue weighted by Gasteiger charge is -2.31. The van der Waals surface area contributed by atoms with Crippen LogP contribution < -0.4 is 5.32 Å². The van der Waals surface area contributed by atoms with Gasteiger partial charge in [-0.25, -0.2) is 9.48 Å². The molecule has 1 aliphatic rings. The minimum atomic E-state index is -0.0562. The highest BCUT2D eigenvalue weighted by atomic mass is 16.3. The molecule has 122 valence electrons. The molecule has 0 bridgehead atoms. The minimum Gasteiger partial charge on any atom is -0.396 e. The smallest absolute Gasteiger partial charge is 0.317 e. The van der Waals surface area contributed by atoms with Gasteiger partial charge in [-0.2, -0.15) is 5.10 Å². The number of aliphatic hydroxyl groups is 1. The van der Waals surface area contributed by atoms with E-state index in [1.165, 1.54) is 0 Å². The molecule has 3 rings (SSSR count). The molecule has 0 spiro atoms. The Morgan fingerprint density at radius 3 is 2.87 bits per heavy atom.